The Morgan fingerprint density at radius 1 is 0.938 bits per heavy atom. The number of sulfonamides is 1. The first kappa shape index (κ1) is 21.9. The quantitative estimate of drug-likeness (QED) is 0.403. The van der Waals surface area contributed by atoms with E-state index in [1.807, 2.05) is 17.0 Å². The van der Waals surface area contributed by atoms with Crippen LogP contribution in [0.5, 0.6) is 0 Å². The van der Waals surface area contributed by atoms with Crippen LogP contribution in [0.2, 0.25) is 5.02 Å². The van der Waals surface area contributed by atoms with Crippen molar-refractivity contribution in [2.24, 2.45) is 0 Å². The first-order valence-electron chi connectivity index (χ1n) is 9.40. The summed E-state index contributed by atoms with van der Waals surface area (Å²) in [7, 11) is -4.22. The summed E-state index contributed by atoms with van der Waals surface area (Å²) in [5.41, 5.74) is 0.223. The highest BCUT2D eigenvalue weighted by molar-refractivity contribution is 7.89. The molecule has 0 spiro atoms. The van der Waals surface area contributed by atoms with Crippen molar-refractivity contribution in [3.8, 4) is 0 Å². The van der Waals surface area contributed by atoms with Crippen LogP contribution in [0.15, 0.2) is 53.6 Å². The molecule has 0 bridgehead atoms. The van der Waals surface area contributed by atoms with Gasteiger partial charge < -0.3 is 4.90 Å². The summed E-state index contributed by atoms with van der Waals surface area (Å²) in [5.74, 6) is 0. The Labute approximate surface area is 187 Å². The SMILES string of the molecule is O=[N+]([O-])c1ccc(S(=O)(=O)N2CCN(c3ccnc4cc(Cl)ccc34)CC2)c([N+](=O)[O-])c1. The highest BCUT2D eigenvalue weighted by atomic mass is 35.5. The lowest BCUT2D eigenvalue weighted by molar-refractivity contribution is -0.396. The zero-order valence-electron chi connectivity index (χ0n) is 16.4. The van der Waals surface area contributed by atoms with Gasteiger partial charge in [0.2, 0.25) is 10.0 Å². The molecule has 1 fully saturated rings. The molecule has 166 valence electrons. The van der Waals surface area contributed by atoms with Gasteiger partial charge in [-0.1, -0.05) is 11.6 Å². The van der Waals surface area contributed by atoms with E-state index < -0.39 is 36.1 Å². The van der Waals surface area contributed by atoms with E-state index in [-0.39, 0.29) is 13.1 Å². The van der Waals surface area contributed by atoms with E-state index in [2.05, 4.69) is 4.98 Å². The molecule has 1 saturated heterocycles. The van der Waals surface area contributed by atoms with Gasteiger partial charge >= 0.3 is 0 Å². The van der Waals surface area contributed by atoms with Gasteiger partial charge in [-0.25, -0.2) is 8.42 Å². The van der Waals surface area contributed by atoms with E-state index in [0.717, 1.165) is 27.5 Å². The smallest absolute Gasteiger partial charge is 0.296 e. The van der Waals surface area contributed by atoms with Crippen molar-refractivity contribution >= 4 is 49.6 Å². The number of piperazine rings is 1. The number of non-ortho nitro benzene ring substituents is 1. The number of nitro benzene ring substituents is 2. The van der Waals surface area contributed by atoms with Crippen molar-refractivity contribution in [3.05, 3.63) is 73.9 Å². The summed E-state index contributed by atoms with van der Waals surface area (Å²) in [6, 6.07) is 9.71. The number of anilines is 1. The molecular formula is C19H16ClN5O6S. The van der Waals surface area contributed by atoms with Crippen LogP contribution in [0, 0.1) is 20.2 Å². The van der Waals surface area contributed by atoms with Gasteiger partial charge in [-0.2, -0.15) is 4.31 Å². The molecule has 0 N–H and O–H groups in total. The second kappa shape index (κ2) is 8.30. The van der Waals surface area contributed by atoms with Gasteiger partial charge in [0, 0.05) is 54.5 Å². The zero-order valence-corrected chi connectivity index (χ0v) is 18.0. The minimum Gasteiger partial charge on any atom is -0.368 e. The normalized spacial score (nSPS) is 15.1. The molecule has 3 aromatic rings. The van der Waals surface area contributed by atoms with Crippen molar-refractivity contribution in [1.82, 2.24) is 9.29 Å². The summed E-state index contributed by atoms with van der Waals surface area (Å²) in [4.78, 5) is 26.3. The van der Waals surface area contributed by atoms with Gasteiger partial charge in [-0.05, 0) is 30.3 Å². The first-order chi connectivity index (χ1) is 15.2. The van der Waals surface area contributed by atoms with Crippen LogP contribution in [0.25, 0.3) is 10.9 Å². The maximum atomic E-state index is 13.1. The fraction of sp³-hybridized carbons (Fsp3) is 0.211. The molecule has 32 heavy (non-hydrogen) atoms. The Morgan fingerprint density at radius 2 is 1.66 bits per heavy atom. The second-order valence-corrected chi connectivity index (χ2v) is 9.39. The molecule has 0 unspecified atom stereocenters. The molecule has 2 heterocycles. The Kier molecular flexibility index (Phi) is 5.67. The van der Waals surface area contributed by atoms with E-state index in [1.165, 1.54) is 0 Å². The van der Waals surface area contributed by atoms with Crippen LogP contribution < -0.4 is 4.90 Å². The molecule has 1 aromatic heterocycles. The van der Waals surface area contributed by atoms with E-state index in [4.69, 9.17) is 11.6 Å². The average Bonchev–Trinajstić information content (AvgIpc) is 2.78. The fourth-order valence-corrected chi connectivity index (χ4v) is 5.40. The Bertz CT molecular complexity index is 1340. The maximum Gasteiger partial charge on any atom is 0.296 e. The Balaban J connectivity index is 1.60. The molecule has 13 heteroatoms. The highest BCUT2D eigenvalue weighted by Gasteiger charge is 2.35. The summed E-state index contributed by atoms with van der Waals surface area (Å²) >= 11 is 6.03. The van der Waals surface area contributed by atoms with E-state index in [1.54, 1.807) is 18.3 Å². The summed E-state index contributed by atoms with van der Waals surface area (Å²) in [6.45, 7) is 0.880. The van der Waals surface area contributed by atoms with Crippen molar-refractivity contribution in [1.29, 1.82) is 0 Å². The maximum absolute atomic E-state index is 13.1. The lowest BCUT2D eigenvalue weighted by Crippen LogP contribution is -2.48. The van der Waals surface area contributed by atoms with Crippen molar-refractivity contribution < 1.29 is 18.3 Å². The number of nitro groups is 2. The minimum atomic E-state index is -4.22. The number of hydrogen-bond donors (Lipinski definition) is 0. The standard InChI is InChI=1S/C19H16ClN5O6S/c20-13-1-3-15-16(11-13)21-6-5-17(15)22-7-9-23(10-8-22)32(30,31)19-4-2-14(24(26)27)12-18(19)25(28)29/h1-6,11-12H,7-10H2. The largest absolute Gasteiger partial charge is 0.368 e. The third-order valence-electron chi connectivity index (χ3n) is 5.23. The number of aromatic nitrogens is 1. The number of benzene rings is 2. The van der Waals surface area contributed by atoms with E-state index in [0.29, 0.717) is 29.7 Å². The summed E-state index contributed by atoms with van der Waals surface area (Å²) in [6.07, 6.45) is 1.65. The molecule has 0 radical (unpaired) electrons. The summed E-state index contributed by atoms with van der Waals surface area (Å²) in [5, 5.41) is 23.7. The van der Waals surface area contributed by atoms with Gasteiger partial charge in [-0.15, -0.1) is 0 Å². The lowest BCUT2D eigenvalue weighted by atomic mass is 10.1. The number of nitrogens with zero attached hydrogens (tertiary/aromatic N) is 5. The highest BCUT2D eigenvalue weighted by Crippen LogP contribution is 2.32. The Hall–Kier alpha value is -3.35. The fourth-order valence-electron chi connectivity index (χ4n) is 3.67. The van der Waals surface area contributed by atoms with E-state index >= 15 is 0 Å². The van der Waals surface area contributed by atoms with Gasteiger partial charge in [0.25, 0.3) is 11.4 Å². The number of rotatable bonds is 5. The van der Waals surface area contributed by atoms with Crippen molar-refractivity contribution in [2.45, 2.75) is 4.90 Å². The molecule has 0 amide bonds. The third-order valence-corrected chi connectivity index (χ3v) is 7.41. The minimum absolute atomic E-state index is 0.0912. The van der Waals surface area contributed by atoms with Crippen LogP contribution in [-0.2, 0) is 10.0 Å². The van der Waals surface area contributed by atoms with Gasteiger partial charge in [0.15, 0.2) is 4.90 Å². The number of pyridine rings is 1. The van der Waals surface area contributed by atoms with Crippen LogP contribution >= 0.6 is 11.6 Å². The molecule has 1 aliphatic rings. The van der Waals surface area contributed by atoms with Crippen LogP contribution in [0.3, 0.4) is 0 Å². The van der Waals surface area contributed by atoms with Crippen molar-refractivity contribution in [3.63, 3.8) is 0 Å². The molecule has 1 aliphatic heterocycles. The number of hydrogen-bond acceptors (Lipinski definition) is 8. The van der Waals surface area contributed by atoms with Gasteiger partial charge in [0.1, 0.15) is 0 Å². The number of fused-ring (bicyclic) bond motifs is 1. The zero-order chi connectivity index (χ0) is 23.0. The van der Waals surface area contributed by atoms with Crippen molar-refractivity contribution in [2.75, 3.05) is 31.1 Å². The Morgan fingerprint density at radius 3 is 2.31 bits per heavy atom. The lowest BCUT2D eigenvalue weighted by Gasteiger charge is -2.35. The second-order valence-electron chi connectivity index (χ2n) is 7.05. The predicted octanol–water partition coefficient (Wildman–Crippen LogP) is 3.22. The van der Waals surface area contributed by atoms with Gasteiger partial charge in [-0.3, -0.25) is 25.2 Å². The van der Waals surface area contributed by atoms with Gasteiger partial charge in [0.05, 0.1) is 21.4 Å². The summed E-state index contributed by atoms with van der Waals surface area (Å²) < 4.78 is 27.3. The molecule has 4 rings (SSSR count). The van der Waals surface area contributed by atoms with Crippen LogP contribution in [0.1, 0.15) is 0 Å². The molecule has 2 aromatic carbocycles. The topological polar surface area (TPSA) is 140 Å². The molecule has 11 nitrogen and oxygen atoms in total. The van der Waals surface area contributed by atoms with Crippen LogP contribution in [0.4, 0.5) is 17.1 Å². The first-order valence-corrected chi connectivity index (χ1v) is 11.2. The monoisotopic (exact) mass is 477 g/mol. The number of halogens is 1. The van der Waals surface area contributed by atoms with E-state index in [9.17, 15) is 28.6 Å². The third kappa shape index (κ3) is 3.95. The molecule has 0 saturated carbocycles. The van der Waals surface area contributed by atoms with Crippen LogP contribution in [-0.4, -0.2) is 53.7 Å². The predicted molar refractivity (Wildman–Crippen MR) is 117 cm³/mol. The molecule has 0 atom stereocenters. The molecular weight excluding hydrogens is 462 g/mol. The molecule has 0 aliphatic carbocycles. The average molecular weight is 478 g/mol.